The van der Waals surface area contributed by atoms with Gasteiger partial charge in [-0.2, -0.15) is 5.26 Å². The number of aromatic amines is 1. The molecule has 6 heteroatoms. The minimum absolute atomic E-state index is 0.264. The highest BCUT2D eigenvalue weighted by atomic mass is 32.1. The van der Waals surface area contributed by atoms with Crippen LogP contribution in [-0.2, 0) is 0 Å². The van der Waals surface area contributed by atoms with Crippen LogP contribution in [0.3, 0.4) is 0 Å². The van der Waals surface area contributed by atoms with E-state index in [0.717, 1.165) is 15.6 Å². The number of ether oxygens (including phenoxy) is 1. The van der Waals surface area contributed by atoms with Crippen LogP contribution in [0.25, 0.3) is 32.8 Å². The molecule has 0 atom stereocenters. The van der Waals surface area contributed by atoms with E-state index in [9.17, 15) is 10.1 Å². The Morgan fingerprint density at radius 2 is 2.12 bits per heavy atom. The fourth-order valence-electron chi connectivity index (χ4n) is 2.72. The highest BCUT2D eigenvalue weighted by Gasteiger charge is 2.10. The van der Waals surface area contributed by atoms with Gasteiger partial charge in [0.05, 0.1) is 28.4 Å². The number of H-pyrrole nitrogens is 1. The molecule has 26 heavy (non-hydrogen) atoms. The summed E-state index contributed by atoms with van der Waals surface area (Å²) in [6.45, 7) is 0. The van der Waals surface area contributed by atoms with Gasteiger partial charge in [-0.1, -0.05) is 12.1 Å². The molecule has 0 fully saturated rings. The van der Waals surface area contributed by atoms with E-state index < -0.39 is 0 Å². The largest absolute Gasteiger partial charge is 0.497 e. The summed E-state index contributed by atoms with van der Waals surface area (Å²) >= 11 is 1.43. The van der Waals surface area contributed by atoms with Gasteiger partial charge >= 0.3 is 0 Å². The van der Waals surface area contributed by atoms with Crippen LogP contribution in [0, 0.1) is 11.3 Å². The lowest BCUT2D eigenvalue weighted by Crippen LogP contribution is -2.09. The molecule has 5 nitrogen and oxygen atoms in total. The molecule has 2 aromatic carbocycles. The summed E-state index contributed by atoms with van der Waals surface area (Å²) < 4.78 is 6.18. The van der Waals surface area contributed by atoms with E-state index in [4.69, 9.17) is 4.74 Å². The van der Waals surface area contributed by atoms with Crippen molar-refractivity contribution in [3.05, 3.63) is 69.5 Å². The Morgan fingerprint density at radius 1 is 1.27 bits per heavy atom. The molecule has 0 saturated heterocycles. The Kier molecular flexibility index (Phi) is 3.99. The minimum Gasteiger partial charge on any atom is -0.497 e. The van der Waals surface area contributed by atoms with E-state index >= 15 is 0 Å². The SMILES string of the molecule is COc1ccc2cc(C=C(C#N)c3nc4ccccc4s3)c(=O)[nH]c2c1. The number of allylic oxidation sites excluding steroid dienone is 1. The summed E-state index contributed by atoms with van der Waals surface area (Å²) in [6, 6.07) is 17.1. The minimum atomic E-state index is -0.264. The van der Waals surface area contributed by atoms with Crippen molar-refractivity contribution in [3.63, 3.8) is 0 Å². The average molecular weight is 359 g/mol. The molecular weight excluding hydrogens is 346 g/mol. The number of fused-ring (bicyclic) bond motifs is 2. The zero-order valence-electron chi connectivity index (χ0n) is 13.8. The van der Waals surface area contributed by atoms with Crippen LogP contribution in [0.5, 0.6) is 5.75 Å². The third-order valence-electron chi connectivity index (χ3n) is 4.03. The predicted molar refractivity (Wildman–Crippen MR) is 104 cm³/mol. The summed E-state index contributed by atoms with van der Waals surface area (Å²) in [5.74, 6) is 0.670. The molecule has 0 bridgehead atoms. The summed E-state index contributed by atoms with van der Waals surface area (Å²) in [7, 11) is 1.58. The third kappa shape index (κ3) is 2.85. The van der Waals surface area contributed by atoms with Crippen LogP contribution in [0.2, 0.25) is 0 Å². The topological polar surface area (TPSA) is 78.8 Å². The van der Waals surface area contributed by atoms with E-state index in [2.05, 4.69) is 16.0 Å². The van der Waals surface area contributed by atoms with Gasteiger partial charge in [-0.05, 0) is 41.8 Å². The van der Waals surface area contributed by atoms with Crippen molar-refractivity contribution in [2.75, 3.05) is 7.11 Å². The van der Waals surface area contributed by atoms with Crippen molar-refractivity contribution in [2.45, 2.75) is 0 Å². The van der Waals surface area contributed by atoms with Gasteiger partial charge in [0, 0.05) is 11.6 Å². The molecule has 2 heterocycles. The van der Waals surface area contributed by atoms with Crippen molar-refractivity contribution in [1.29, 1.82) is 5.26 Å². The monoisotopic (exact) mass is 359 g/mol. The number of nitrogens with one attached hydrogen (secondary N) is 1. The molecule has 0 unspecified atom stereocenters. The van der Waals surface area contributed by atoms with E-state index in [1.54, 1.807) is 25.3 Å². The van der Waals surface area contributed by atoms with Gasteiger partial charge in [0.1, 0.15) is 16.8 Å². The van der Waals surface area contributed by atoms with Crippen LogP contribution < -0.4 is 10.3 Å². The van der Waals surface area contributed by atoms with Gasteiger partial charge in [-0.25, -0.2) is 4.98 Å². The Labute approximate surface area is 152 Å². The normalized spacial score (nSPS) is 11.6. The quantitative estimate of drug-likeness (QED) is 0.556. The van der Waals surface area contributed by atoms with Crippen molar-refractivity contribution < 1.29 is 4.74 Å². The maximum absolute atomic E-state index is 12.4. The standard InChI is InChI=1S/C20H13N3O2S/c1-25-15-7-6-12-8-13(19(24)22-17(12)10-15)9-14(11-21)20-23-16-4-2-3-5-18(16)26-20/h2-10H,1H3,(H,22,24). The lowest BCUT2D eigenvalue weighted by atomic mass is 10.1. The number of pyridine rings is 1. The Morgan fingerprint density at radius 3 is 2.88 bits per heavy atom. The number of rotatable bonds is 3. The van der Waals surface area contributed by atoms with E-state index in [-0.39, 0.29) is 5.56 Å². The molecule has 0 radical (unpaired) electrons. The smallest absolute Gasteiger partial charge is 0.255 e. The van der Waals surface area contributed by atoms with Crippen LogP contribution in [0.4, 0.5) is 0 Å². The molecule has 0 spiro atoms. The van der Waals surface area contributed by atoms with Crippen molar-refractivity contribution in [2.24, 2.45) is 0 Å². The Hall–Kier alpha value is -3.43. The third-order valence-corrected chi connectivity index (χ3v) is 5.10. The van der Waals surface area contributed by atoms with E-state index in [1.807, 2.05) is 36.4 Å². The van der Waals surface area contributed by atoms with Gasteiger partial charge < -0.3 is 9.72 Å². The van der Waals surface area contributed by atoms with Gasteiger partial charge in [-0.3, -0.25) is 4.79 Å². The molecule has 126 valence electrons. The fourth-order valence-corrected chi connectivity index (χ4v) is 3.65. The van der Waals surface area contributed by atoms with Gasteiger partial charge in [0.2, 0.25) is 0 Å². The van der Waals surface area contributed by atoms with Gasteiger partial charge in [0.25, 0.3) is 5.56 Å². The first-order valence-corrected chi connectivity index (χ1v) is 8.68. The summed E-state index contributed by atoms with van der Waals surface area (Å²) in [5, 5.41) is 11.0. The zero-order chi connectivity index (χ0) is 18.1. The lowest BCUT2D eigenvalue weighted by Gasteiger charge is -2.03. The van der Waals surface area contributed by atoms with E-state index in [0.29, 0.717) is 27.4 Å². The molecule has 0 aliphatic carbocycles. The summed E-state index contributed by atoms with van der Waals surface area (Å²) in [4.78, 5) is 19.7. The molecule has 4 aromatic rings. The fraction of sp³-hybridized carbons (Fsp3) is 0.0500. The number of nitriles is 1. The molecule has 0 aliphatic heterocycles. The first-order valence-electron chi connectivity index (χ1n) is 7.87. The predicted octanol–water partition coefficient (Wildman–Crippen LogP) is 4.21. The Bertz CT molecular complexity index is 1230. The zero-order valence-corrected chi connectivity index (χ0v) is 14.6. The molecule has 0 saturated carbocycles. The highest BCUT2D eigenvalue weighted by Crippen LogP contribution is 2.28. The highest BCUT2D eigenvalue weighted by molar-refractivity contribution is 7.19. The average Bonchev–Trinajstić information content (AvgIpc) is 3.09. The number of para-hydroxylation sites is 1. The van der Waals surface area contributed by atoms with Gasteiger partial charge in [-0.15, -0.1) is 11.3 Å². The van der Waals surface area contributed by atoms with Crippen molar-refractivity contribution in [1.82, 2.24) is 9.97 Å². The molecule has 0 aliphatic rings. The molecule has 0 amide bonds. The van der Waals surface area contributed by atoms with Gasteiger partial charge in [0.15, 0.2) is 0 Å². The number of hydrogen-bond donors (Lipinski definition) is 1. The van der Waals surface area contributed by atoms with Crippen LogP contribution in [-0.4, -0.2) is 17.1 Å². The number of nitrogens with zero attached hydrogens (tertiary/aromatic N) is 2. The molecule has 1 N–H and O–H groups in total. The second-order valence-corrected chi connectivity index (χ2v) is 6.69. The molecule has 2 aromatic heterocycles. The second-order valence-electron chi connectivity index (χ2n) is 5.66. The van der Waals surface area contributed by atoms with Crippen molar-refractivity contribution >= 4 is 44.1 Å². The lowest BCUT2D eigenvalue weighted by molar-refractivity contribution is 0.415. The van der Waals surface area contributed by atoms with Crippen molar-refractivity contribution in [3.8, 4) is 11.8 Å². The number of hydrogen-bond acceptors (Lipinski definition) is 5. The Balaban J connectivity index is 1.83. The van der Waals surface area contributed by atoms with Crippen LogP contribution >= 0.6 is 11.3 Å². The maximum atomic E-state index is 12.4. The van der Waals surface area contributed by atoms with E-state index in [1.165, 1.54) is 11.3 Å². The maximum Gasteiger partial charge on any atom is 0.255 e. The summed E-state index contributed by atoms with van der Waals surface area (Å²) in [6.07, 6.45) is 1.58. The molecular formula is C20H13N3O2S. The van der Waals surface area contributed by atoms with Crippen LogP contribution in [0.1, 0.15) is 10.6 Å². The molecule has 4 rings (SSSR count). The first kappa shape index (κ1) is 16.1. The number of methoxy groups -OCH3 is 1. The summed E-state index contributed by atoms with van der Waals surface area (Å²) in [5.41, 5.74) is 2.04. The number of thiazole rings is 1. The first-order chi connectivity index (χ1) is 12.7. The number of aromatic nitrogens is 2. The second kappa shape index (κ2) is 6.47. The number of benzene rings is 2. The van der Waals surface area contributed by atoms with Crippen LogP contribution in [0.15, 0.2) is 53.3 Å².